The molecule has 0 bridgehead atoms. The molecule has 0 unspecified atom stereocenters. The van der Waals surface area contributed by atoms with Gasteiger partial charge in [0.15, 0.2) is 0 Å². The van der Waals surface area contributed by atoms with Crippen LogP contribution in [0.15, 0.2) is 5.03 Å². The number of rotatable bonds is 2. The van der Waals surface area contributed by atoms with E-state index in [0.29, 0.717) is 11.1 Å². The minimum atomic E-state index is 0.521. The smallest absolute Gasteiger partial charge is 0.131 e. The first kappa shape index (κ1) is 10.3. The zero-order chi connectivity index (χ0) is 10.0. The molecular weight excluding hydrogens is 182 g/mol. The number of aryl methyl sites for hydroxylation is 1. The first-order chi connectivity index (χ1) is 6.00. The van der Waals surface area contributed by atoms with E-state index in [9.17, 15) is 0 Å². The predicted octanol–water partition coefficient (Wildman–Crippen LogP) is 2.18. The first-order valence-corrected chi connectivity index (χ1v) is 5.16. The Hall–Kier alpha value is -0.770. The highest BCUT2D eigenvalue weighted by molar-refractivity contribution is 7.99. The van der Waals surface area contributed by atoms with Gasteiger partial charge in [0.2, 0.25) is 0 Å². The van der Waals surface area contributed by atoms with Crippen molar-refractivity contribution < 1.29 is 0 Å². The number of nitrogens with zero attached hydrogens (tertiary/aromatic N) is 2. The Kier molecular flexibility index (Phi) is 3.14. The molecule has 0 radical (unpaired) electrons. The van der Waals surface area contributed by atoms with Crippen LogP contribution in [-0.4, -0.2) is 15.2 Å². The summed E-state index contributed by atoms with van der Waals surface area (Å²) in [6, 6.07) is 0. The van der Waals surface area contributed by atoms with E-state index in [4.69, 9.17) is 5.73 Å². The molecule has 0 aliphatic rings. The summed E-state index contributed by atoms with van der Waals surface area (Å²) >= 11 is 1.72. The molecule has 13 heavy (non-hydrogen) atoms. The molecule has 0 amide bonds. The average Bonchev–Trinajstić information content (AvgIpc) is 1.98. The van der Waals surface area contributed by atoms with E-state index in [2.05, 4.69) is 23.8 Å². The topological polar surface area (TPSA) is 51.8 Å². The second kappa shape index (κ2) is 3.96. The van der Waals surface area contributed by atoms with E-state index < -0.39 is 0 Å². The van der Waals surface area contributed by atoms with Crippen molar-refractivity contribution in [3.8, 4) is 0 Å². The third-order valence-corrected chi connectivity index (χ3v) is 2.69. The zero-order valence-corrected chi connectivity index (χ0v) is 9.27. The monoisotopic (exact) mass is 197 g/mol. The molecule has 4 heteroatoms. The molecule has 0 spiro atoms. The zero-order valence-electron chi connectivity index (χ0n) is 8.46. The van der Waals surface area contributed by atoms with E-state index in [1.165, 1.54) is 0 Å². The minimum Gasteiger partial charge on any atom is -0.383 e. The van der Waals surface area contributed by atoms with Crippen molar-refractivity contribution in [3.63, 3.8) is 0 Å². The summed E-state index contributed by atoms with van der Waals surface area (Å²) in [4.78, 5) is 8.44. The van der Waals surface area contributed by atoms with Gasteiger partial charge in [-0.25, -0.2) is 9.97 Å². The molecule has 0 aromatic carbocycles. The molecular formula is C9H15N3S. The van der Waals surface area contributed by atoms with Gasteiger partial charge >= 0.3 is 0 Å². The number of hydrogen-bond acceptors (Lipinski definition) is 4. The maximum absolute atomic E-state index is 5.73. The van der Waals surface area contributed by atoms with Crippen LogP contribution in [0.1, 0.15) is 25.2 Å². The Morgan fingerprint density at radius 2 is 1.85 bits per heavy atom. The van der Waals surface area contributed by atoms with Gasteiger partial charge in [-0.15, -0.1) is 11.8 Å². The Morgan fingerprint density at radius 1 is 1.23 bits per heavy atom. The lowest BCUT2D eigenvalue weighted by molar-refractivity contribution is 0.940. The molecule has 0 atom stereocenters. The molecule has 2 N–H and O–H groups in total. The highest BCUT2D eigenvalue weighted by atomic mass is 32.2. The minimum absolute atomic E-state index is 0.521. The Labute approximate surface area is 83.2 Å². The maximum Gasteiger partial charge on any atom is 0.131 e. The summed E-state index contributed by atoms with van der Waals surface area (Å²) in [7, 11) is 0. The standard InChI is InChI=1S/C9H15N3S/c1-5(2)13-9-6(3)8(10)11-7(4)12-9/h5H,1-4H3,(H2,10,11,12). The van der Waals surface area contributed by atoms with Crippen LogP contribution >= 0.6 is 11.8 Å². The van der Waals surface area contributed by atoms with Crippen LogP contribution in [0.3, 0.4) is 0 Å². The van der Waals surface area contributed by atoms with Crippen molar-refractivity contribution in [1.82, 2.24) is 9.97 Å². The fourth-order valence-corrected chi connectivity index (χ4v) is 1.87. The van der Waals surface area contributed by atoms with Gasteiger partial charge in [0.25, 0.3) is 0 Å². The number of anilines is 1. The van der Waals surface area contributed by atoms with Crippen LogP contribution in [0.5, 0.6) is 0 Å². The van der Waals surface area contributed by atoms with Crippen molar-refractivity contribution in [1.29, 1.82) is 0 Å². The molecule has 0 saturated carbocycles. The van der Waals surface area contributed by atoms with Gasteiger partial charge < -0.3 is 5.73 Å². The molecule has 3 nitrogen and oxygen atoms in total. The summed E-state index contributed by atoms with van der Waals surface area (Å²) in [5.41, 5.74) is 6.72. The number of thioether (sulfide) groups is 1. The van der Waals surface area contributed by atoms with E-state index in [1.54, 1.807) is 11.8 Å². The second-order valence-corrected chi connectivity index (χ2v) is 4.82. The Balaban J connectivity index is 3.05. The Bertz CT molecular complexity index is 310. The number of nitrogens with two attached hydrogens (primary N) is 1. The number of nitrogen functional groups attached to an aromatic ring is 1. The molecule has 0 fully saturated rings. The van der Waals surface area contributed by atoms with E-state index in [-0.39, 0.29) is 0 Å². The van der Waals surface area contributed by atoms with Crippen molar-refractivity contribution >= 4 is 17.6 Å². The normalized spacial score (nSPS) is 10.8. The lowest BCUT2D eigenvalue weighted by Gasteiger charge is -2.09. The molecule has 1 aromatic rings. The summed E-state index contributed by atoms with van der Waals surface area (Å²) in [5.74, 6) is 1.34. The van der Waals surface area contributed by atoms with Crippen LogP contribution in [0.2, 0.25) is 0 Å². The molecule has 1 heterocycles. The molecule has 0 saturated heterocycles. The van der Waals surface area contributed by atoms with Crippen LogP contribution in [0.4, 0.5) is 5.82 Å². The largest absolute Gasteiger partial charge is 0.383 e. The van der Waals surface area contributed by atoms with Gasteiger partial charge in [0, 0.05) is 10.8 Å². The van der Waals surface area contributed by atoms with Crippen molar-refractivity contribution in [2.45, 2.75) is 38.0 Å². The highest BCUT2D eigenvalue weighted by Gasteiger charge is 2.08. The van der Waals surface area contributed by atoms with Gasteiger partial charge in [0.05, 0.1) is 0 Å². The van der Waals surface area contributed by atoms with Crippen molar-refractivity contribution in [2.75, 3.05) is 5.73 Å². The third kappa shape index (κ3) is 2.59. The SMILES string of the molecule is Cc1nc(N)c(C)c(SC(C)C)n1. The molecule has 1 aromatic heterocycles. The molecule has 0 aliphatic carbocycles. The van der Waals surface area contributed by atoms with Gasteiger partial charge in [-0.05, 0) is 13.8 Å². The quantitative estimate of drug-likeness (QED) is 0.583. The average molecular weight is 197 g/mol. The van der Waals surface area contributed by atoms with Crippen LogP contribution < -0.4 is 5.73 Å². The van der Waals surface area contributed by atoms with Gasteiger partial charge in [-0.1, -0.05) is 13.8 Å². The van der Waals surface area contributed by atoms with Gasteiger partial charge in [0.1, 0.15) is 16.7 Å². The molecule has 0 aliphatic heterocycles. The van der Waals surface area contributed by atoms with Crippen LogP contribution in [-0.2, 0) is 0 Å². The molecule has 1 rings (SSSR count). The fourth-order valence-electron chi connectivity index (χ4n) is 0.962. The van der Waals surface area contributed by atoms with E-state index in [0.717, 1.165) is 16.4 Å². The predicted molar refractivity (Wildman–Crippen MR) is 56.9 cm³/mol. The van der Waals surface area contributed by atoms with Gasteiger partial charge in [-0.3, -0.25) is 0 Å². The summed E-state index contributed by atoms with van der Waals surface area (Å²) in [6.45, 7) is 8.09. The highest BCUT2D eigenvalue weighted by Crippen LogP contribution is 2.26. The van der Waals surface area contributed by atoms with Crippen LogP contribution in [0.25, 0.3) is 0 Å². The fraction of sp³-hybridized carbons (Fsp3) is 0.556. The van der Waals surface area contributed by atoms with Crippen molar-refractivity contribution in [3.05, 3.63) is 11.4 Å². The van der Waals surface area contributed by atoms with Crippen LogP contribution in [0, 0.1) is 13.8 Å². The number of hydrogen-bond donors (Lipinski definition) is 1. The summed E-state index contributed by atoms with van der Waals surface area (Å²) < 4.78 is 0. The second-order valence-electron chi connectivity index (χ2n) is 3.25. The van der Waals surface area contributed by atoms with Crippen molar-refractivity contribution in [2.24, 2.45) is 0 Å². The summed E-state index contributed by atoms with van der Waals surface area (Å²) in [5, 5.41) is 1.52. The maximum atomic E-state index is 5.73. The number of aromatic nitrogens is 2. The van der Waals surface area contributed by atoms with E-state index >= 15 is 0 Å². The van der Waals surface area contributed by atoms with Gasteiger partial charge in [-0.2, -0.15) is 0 Å². The molecule has 72 valence electrons. The third-order valence-electron chi connectivity index (χ3n) is 1.60. The first-order valence-electron chi connectivity index (χ1n) is 4.28. The lowest BCUT2D eigenvalue weighted by Crippen LogP contribution is -2.02. The lowest BCUT2D eigenvalue weighted by atomic mass is 10.3. The summed E-state index contributed by atoms with van der Waals surface area (Å²) in [6.07, 6.45) is 0. The Morgan fingerprint density at radius 3 is 2.38 bits per heavy atom. The van der Waals surface area contributed by atoms with E-state index in [1.807, 2.05) is 13.8 Å².